The molecule has 2 aromatic rings. The fraction of sp³-hybridized carbons (Fsp3) is 0.286. The predicted octanol–water partition coefficient (Wildman–Crippen LogP) is 6.19. The van der Waals surface area contributed by atoms with Gasteiger partial charge in [-0.05, 0) is 41.9 Å². The number of carbonyl (C=O) groups excluding carboxylic acids is 1. The van der Waals surface area contributed by atoms with Crippen LogP contribution in [0.5, 0.6) is 0 Å². The summed E-state index contributed by atoms with van der Waals surface area (Å²) >= 11 is 12.3. The average Bonchev–Trinajstić information content (AvgIpc) is 2.82. The summed E-state index contributed by atoms with van der Waals surface area (Å²) in [5, 5.41) is 1.23. The summed E-state index contributed by atoms with van der Waals surface area (Å²) in [7, 11) is -1.17. The van der Waals surface area contributed by atoms with Crippen molar-refractivity contribution in [2.24, 2.45) is 0 Å². The summed E-state index contributed by atoms with van der Waals surface area (Å²) in [5.41, 5.74) is 3.15. The normalized spacial score (nSPS) is 15.5. The molecule has 0 atom stereocenters. The highest BCUT2D eigenvalue weighted by atomic mass is 35.5. The van der Waals surface area contributed by atoms with Gasteiger partial charge in [-0.3, -0.25) is 9.69 Å². The van der Waals surface area contributed by atoms with E-state index in [0.29, 0.717) is 22.2 Å². The van der Waals surface area contributed by atoms with Crippen LogP contribution in [0.15, 0.2) is 42.5 Å². The molecule has 0 radical (unpaired) electrons. The van der Waals surface area contributed by atoms with Crippen LogP contribution in [-0.4, -0.2) is 27.3 Å². The van der Waals surface area contributed by atoms with E-state index in [2.05, 4.69) is 19.6 Å². The maximum Gasteiger partial charge on any atom is 0.260 e. The topological polar surface area (TPSA) is 29.5 Å². The number of fused-ring (bicyclic) bond motifs is 1. The summed E-state index contributed by atoms with van der Waals surface area (Å²) in [6.07, 6.45) is 1.86. The summed E-state index contributed by atoms with van der Waals surface area (Å²) in [6.45, 7) is 7.79. The van der Waals surface area contributed by atoms with Crippen molar-refractivity contribution >= 4 is 54.5 Å². The molecule has 1 aliphatic heterocycles. The molecule has 0 bridgehead atoms. The van der Waals surface area contributed by atoms with E-state index in [0.717, 1.165) is 22.9 Å². The Morgan fingerprint density at radius 1 is 1.07 bits per heavy atom. The highest BCUT2D eigenvalue weighted by Gasteiger charge is 2.32. The minimum absolute atomic E-state index is 0.0831. The Hall–Kier alpha value is -1.59. The van der Waals surface area contributed by atoms with E-state index >= 15 is 0 Å². The lowest BCUT2D eigenvalue weighted by Gasteiger charge is -2.20. The molecule has 142 valence electrons. The monoisotopic (exact) mass is 419 g/mol. The van der Waals surface area contributed by atoms with Gasteiger partial charge in [0, 0.05) is 35.9 Å². The molecule has 1 aliphatic rings. The molecular weight excluding hydrogens is 397 g/mol. The van der Waals surface area contributed by atoms with Crippen molar-refractivity contribution in [3.05, 3.63) is 63.6 Å². The molecule has 0 N–H and O–H groups in total. The number of carbonyl (C=O) groups is 1. The molecule has 0 saturated carbocycles. The number of rotatable bonds is 6. The smallest absolute Gasteiger partial charge is 0.260 e. The minimum atomic E-state index is -1.17. The zero-order valence-electron chi connectivity index (χ0n) is 15.8. The molecule has 3 nitrogen and oxygen atoms in total. The molecule has 1 amide bonds. The molecular formula is C21H23Cl2NO2Si. The molecule has 3 rings (SSSR count). The second kappa shape index (κ2) is 8.19. The molecule has 0 saturated heterocycles. The Morgan fingerprint density at radius 2 is 1.81 bits per heavy atom. The maximum absolute atomic E-state index is 13.1. The van der Waals surface area contributed by atoms with Crippen molar-refractivity contribution < 1.29 is 9.53 Å². The molecule has 0 unspecified atom stereocenters. The fourth-order valence-electron chi connectivity index (χ4n) is 2.89. The first-order chi connectivity index (χ1) is 12.7. The second-order valence-electron chi connectivity index (χ2n) is 7.86. The third-order valence-corrected chi connectivity index (χ3v) is 6.57. The van der Waals surface area contributed by atoms with E-state index < -0.39 is 8.07 Å². The van der Waals surface area contributed by atoms with Crippen LogP contribution >= 0.6 is 23.2 Å². The average molecular weight is 420 g/mol. The maximum atomic E-state index is 13.1. The summed E-state index contributed by atoms with van der Waals surface area (Å²) < 4.78 is 5.83. The first-order valence-corrected chi connectivity index (χ1v) is 13.4. The van der Waals surface area contributed by atoms with E-state index in [1.165, 1.54) is 0 Å². The number of halogens is 2. The van der Waals surface area contributed by atoms with Crippen molar-refractivity contribution in [3.63, 3.8) is 0 Å². The quantitative estimate of drug-likeness (QED) is 0.317. The van der Waals surface area contributed by atoms with E-state index in [-0.39, 0.29) is 12.6 Å². The van der Waals surface area contributed by atoms with Crippen molar-refractivity contribution in [1.82, 2.24) is 0 Å². The number of amides is 1. The Kier molecular flexibility index (Phi) is 6.11. The number of anilines is 1. The second-order valence-corrected chi connectivity index (χ2v) is 14.3. The third kappa shape index (κ3) is 5.02. The van der Waals surface area contributed by atoms with Gasteiger partial charge in [-0.2, -0.15) is 0 Å². The van der Waals surface area contributed by atoms with Crippen LogP contribution in [-0.2, 0) is 9.53 Å². The fourth-order valence-corrected chi connectivity index (χ4v) is 4.01. The molecule has 0 fully saturated rings. The van der Waals surface area contributed by atoms with Crippen molar-refractivity contribution in [1.29, 1.82) is 0 Å². The van der Waals surface area contributed by atoms with Crippen molar-refractivity contribution in [3.8, 4) is 0 Å². The number of hydrogen-bond acceptors (Lipinski definition) is 2. The molecule has 2 aromatic carbocycles. The van der Waals surface area contributed by atoms with Crippen LogP contribution in [0.3, 0.4) is 0 Å². The Bertz CT molecular complexity index is 890. The van der Waals surface area contributed by atoms with Gasteiger partial charge in [0.1, 0.15) is 6.73 Å². The van der Waals surface area contributed by atoms with E-state index in [1.54, 1.807) is 11.0 Å². The highest BCUT2D eigenvalue weighted by Crippen LogP contribution is 2.39. The predicted molar refractivity (Wildman–Crippen MR) is 117 cm³/mol. The summed E-state index contributed by atoms with van der Waals surface area (Å²) in [6, 6.07) is 14.0. The highest BCUT2D eigenvalue weighted by molar-refractivity contribution is 6.76. The number of nitrogens with zero attached hydrogens (tertiary/aromatic N) is 1. The van der Waals surface area contributed by atoms with Gasteiger partial charge in [-0.25, -0.2) is 0 Å². The Balaban J connectivity index is 1.86. The lowest BCUT2D eigenvalue weighted by molar-refractivity contribution is -0.114. The van der Waals surface area contributed by atoms with E-state index in [4.69, 9.17) is 27.9 Å². The van der Waals surface area contributed by atoms with Crippen molar-refractivity contribution in [2.75, 3.05) is 18.2 Å². The molecule has 0 spiro atoms. The lowest BCUT2D eigenvalue weighted by Crippen LogP contribution is -2.30. The standard InChI is InChI=1S/C21H23Cl2NO2Si/c1-27(2,3)10-9-26-14-24-20-13-17(23)7-8-18(20)19(21(24)25)12-15-5-4-6-16(22)11-15/h4-8,11-13H,9-10,14H2,1-3H3/b19-12+. The SMILES string of the molecule is C[Si](C)(C)CCOCN1C(=O)/C(=C/c2cccc(Cl)c2)c2ccc(Cl)cc21. The van der Waals surface area contributed by atoms with Gasteiger partial charge in [0.25, 0.3) is 5.91 Å². The van der Waals surface area contributed by atoms with Gasteiger partial charge in [-0.1, -0.05) is 61.0 Å². The lowest BCUT2D eigenvalue weighted by atomic mass is 10.0. The molecule has 0 aliphatic carbocycles. The van der Waals surface area contributed by atoms with Gasteiger partial charge in [0.05, 0.1) is 5.69 Å². The number of hydrogen-bond donors (Lipinski definition) is 0. The third-order valence-electron chi connectivity index (χ3n) is 4.39. The summed E-state index contributed by atoms with van der Waals surface area (Å²) in [4.78, 5) is 14.7. The number of ether oxygens (including phenoxy) is 1. The summed E-state index contributed by atoms with van der Waals surface area (Å²) in [5.74, 6) is -0.0831. The zero-order valence-corrected chi connectivity index (χ0v) is 18.3. The van der Waals surface area contributed by atoms with Gasteiger partial charge >= 0.3 is 0 Å². The van der Waals surface area contributed by atoms with Crippen LogP contribution in [0.4, 0.5) is 5.69 Å². The van der Waals surface area contributed by atoms with Crippen LogP contribution in [0.1, 0.15) is 11.1 Å². The molecule has 6 heteroatoms. The molecule has 1 heterocycles. The van der Waals surface area contributed by atoms with Crippen LogP contribution in [0.25, 0.3) is 11.6 Å². The van der Waals surface area contributed by atoms with E-state index in [9.17, 15) is 4.79 Å². The Morgan fingerprint density at radius 3 is 2.52 bits per heavy atom. The van der Waals surface area contributed by atoms with Crippen molar-refractivity contribution in [2.45, 2.75) is 25.7 Å². The minimum Gasteiger partial charge on any atom is -0.361 e. The van der Waals surface area contributed by atoms with Crippen LogP contribution < -0.4 is 4.90 Å². The van der Waals surface area contributed by atoms with Gasteiger partial charge in [0.2, 0.25) is 0 Å². The number of benzene rings is 2. The van der Waals surface area contributed by atoms with Crippen LogP contribution in [0.2, 0.25) is 35.7 Å². The molecule has 27 heavy (non-hydrogen) atoms. The van der Waals surface area contributed by atoms with E-state index in [1.807, 2.05) is 42.5 Å². The first-order valence-electron chi connectivity index (χ1n) is 8.91. The Labute approximate surface area is 171 Å². The van der Waals surface area contributed by atoms with Gasteiger partial charge in [0.15, 0.2) is 0 Å². The van der Waals surface area contributed by atoms with Gasteiger partial charge in [-0.15, -0.1) is 0 Å². The van der Waals surface area contributed by atoms with Crippen LogP contribution in [0, 0.1) is 0 Å². The van der Waals surface area contributed by atoms with Gasteiger partial charge < -0.3 is 4.74 Å². The molecule has 0 aromatic heterocycles. The largest absolute Gasteiger partial charge is 0.361 e. The zero-order chi connectivity index (χ0) is 19.6. The first kappa shape index (κ1) is 20.1.